The highest BCUT2D eigenvalue weighted by atomic mass is 35.5. The maximum absolute atomic E-state index is 14.9. The summed E-state index contributed by atoms with van der Waals surface area (Å²) in [6, 6.07) is 24.6. The molecule has 29 nitrogen and oxygen atoms in total. The van der Waals surface area contributed by atoms with Gasteiger partial charge in [0.25, 0.3) is 0 Å². The second kappa shape index (κ2) is 56.8. The van der Waals surface area contributed by atoms with Crippen LogP contribution in [0.2, 0.25) is 10.0 Å². The zero-order chi connectivity index (χ0) is 96.8. The van der Waals surface area contributed by atoms with Crippen molar-refractivity contribution in [2.75, 3.05) is 120 Å². The number of hydrogen-bond acceptors (Lipinski definition) is 24. The summed E-state index contributed by atoms with van der Waals surface area (Å²) in [5.74, 6) is -0.796. The van der Waals surface area contributed by atoms with Crippen molar-refractivity contribution in [3.63, 3.8) is 0 Å². The Kier molecular flexibility index (Phi) is 45.2. The van der Waals surface area contributed by atoms with Gasteiger partial charge in [-0.05, 0) is 197 Å². The zero-order valence-corrected chi connectivity index (χ0v) is 84.2. The first kappa shape index (κ1) is 108. The number of hydrogen-bond donors (Lipinski definition) is 9. The Bertz CT molecular complexity index is 4870. The molecule has 2 saturated carbocycles. The molecule has 6 aliphatic rings. The van der Waals surface area contributed by atoms with E-state index in [0.29, 0.717) is 137 Å². The molecular formula is C102H145Cl2N13O16S3. The first-order chi connectivity index (χ1) is 65.7. The Morgan fingerprint density at radius 2 is 1.01 bits per heavy atom. The predicted octanol–water partition coefficient (Wildman–Crippen LogP) is 14.2. The number of amides is 8. The first-order valence-electron chi connectivity index (χ1n) is 49.5. The highest BCUT2D eigenvalue weighted by molar-refractivity contribution is 8.00. The number of ether oxygens (including phenoxy) is 5. The average Bonchev–Trinajstić information content (AvgIpc) is 1.57. The van der Waals surface area contributed by atoms with Gasteiger partial charge in [0, 0.05) is 128 Å². The van der Waals surface area contributed by atoms with Gasteiger partial charge in [-0.3, -0.25) is 47.9 Å². The van der Waals surface area contributed by atoms with Crippen molar-refractivity contribution >= 4 is 143 Å². The molecule has 4 fully saturated rings. The number of halogens is 2. The van der Waals surface area contributed by atoms with Crippen LogP contribution in [0.4, 0.5) is 4.79 Å². The maximum atomic E-state index is 14.9. The molecule has 2 aromatic heterocycles. The summed E-state index contributed by atoms with van der Waals surface area (Å²) in [6.07, 6.45) is 17.9. The van der Waals surface area contributed by atoms with Crippen molar-refractivity contribution in [3.8, 4) is 11.5 Å². The second-order valence-corrected chi connectivity index (χ2v) is 42.5. The molecule has 136 heavy (non-hydrogen) atoms. The highest BCUT2D eigenvalue weighted by Crippen LogP contribution is 2.40. The summed E-state index contributed by atoms with van der Waals surface area (Å²) in [6.45, 7) is 9.40. The van der Waals surface area contributed by atoms with Gasteiger partial charge in [0.1, 0.15) is 29.7 Å². The number of aromatic nitrogens is 2. The summed E-state index contributed by atoms with van der Waals surface area (Å²) in [7, 11) is 8.07. The summed E-state index contributed by atoms with van der Waals surface area (Å²) >= 11 is 17.3. The van der Waals surface area contributed by atoms with Gasteiger partial charge in [-0.2, -0.15) is 11.8 Å². The van der Waals surface area contributed by atoms with Crippen molar-refractivity contribution in [1.29, 1.82) is 0 Å². The SMILES string of the molecule is CCC(=O)C[C@@H](Cc1nc2ccc(Cl)cc2s1)C(=O)N[C@@H](CC1CCC(CN)CC1)C(=O)C[C@@H](CCCCN(C)C)C(=O)N[C@@H]1CCOc2ccccc21.CCC(=O)C[C@@H](Cc1nc2ccc(Cl)cc2s1)C(=O)N[C@@H](CC1CCC(CNC(=O)COCCOCCOCCNC(=O)CCCC[C@@H]2SC[C@@H]3NC(=O)N[C@@H]32)CC1)C(=O)C[C@@H](CCCCN(C)C)C(=O)N[C@@H]1CCOc2ccccc21. The Morgan fingerprint density at radius 3 is 1.50 bits per heavy atom. The summed E-state index contributed by atoms with van der Waals surface area (Å²) in [4.78, 5) is 163. The molecule has 8 amide bonds. The molecule has 4 aromatic carbocycles. The molecule has 2 saturated heterocycles. The monoisotopic (exact) mass is 1970 g/mol. The van der Waals surface area contributed by atoms with Gasteiger partial charge in [0.15, 0.2) is 11.6 Å². The van der Waals surface area contributed by atoms with E-state index in [1.807, 2.05) is 113 Å². The number of carbonyl (C=O) groups is 11. The van der Waals surface area contributed by atoms with E-state index in [-0.39, 0.29) is 165 Å². The molecule has 746 valence electrons. The fraction of sp³-hybridized carbons (Fsp3) is 0.637. The lowest BCUT2D eigenvalue weighted by Gasteiger charge is -2.32. The molecule has 0 unspecified atom stereocenters. The van der Waals surface area contributed by atoms with E-state index >= 15 is 0 Å². The van der Waals surface area contributed by atoms with Gasteiger partial charge in [0.2, 0.25) is 35.4 Å². The molecule has 12 rings (SSSR count). The van der Waals surface area contributed by atoms with E-state index < -0.39 is 35.8 Å². The number of thiazole rings is 2. The van der Waals surface area contributed by atoms with Gasteiger partial charge in [-0.25, -0.2) is 14.8 Å². The minimum atomic E-state index is -0.879. The third kappa shape index (κ3) is 35.5. The number of unbranched alkanes of at least 4 members (excludes halogenated alkanes) is 3. The summed E-state index contributed by atoms with van der Waals surface area (Å²) < 4.78 is 30.3. The van der Waals surface area contributed by atoms with Crippen molar-refractivity contribution in [2.45, 2.75) is 248 Å². The Hall–Kier alpha value is -8.28. The Labute approximate surface area is 824 Å². The summed E-state index contributed by atoms with van der Waals surface area (Å²) in [5.41, 5.74) is 9.39. The molecule has 6 heterocycles. The van der Waals surface area contributed by atoms with E-state index in [0.717, 1.165) is 163 Å². The predicted molar refractivity (Wildman–Crippen MR) is 535 cm³/mol. The number of thioether (sulfide) groups is 1. The van der Waals surface area contributed by atoms with Crippen LogP contribution in [0.5, 0.6) is 11.5 Å². The standard InChI is InChI=1S/C60H87ClN8O11S2.C42H58ClN5O5S/c1-4-44(70)32-42(34-56-64-47-21-20-43(61)35-53(47)82-56)59(75)66-48(50(71)33-41(11-9-10-24-69(2)3)58(74)65-46-22-25-80-51-13-6-5-12-45(46)51)31-39-16-18-40(19-17-39)36-63-55(73)37-79-30-29-78-28-27-77-26-23-62-54(72)15-8-7-14-52-57-49(38-81-52)67-60(76)68-57;1-4-32(49)22-30(24-40-45-35-17-16-31(43)25-39(35)54-40)42(52)47-36(21-27-12-14-28(26-44)15-13-27)37(50)23-29(9-7-8-19-48(2)3)41(51)46-34-18-20-53-38-11-6-5-10-33(34)38/h5-6,12-13,20-21,35,39-42,46,48-49,52,57H,4,7-11,14-19,22-34,36-38H2,1-3H3,(H,62,72)(H,63,73)(H,65,74)(H,66,75)(H2,67,68,76);5-6,10-11,16-17,25,27-30,34,36H,4,7-9,12-15,18-24,26,44H2,1-3H3,(H,46,51)(H,47,52)/t39?,40?,41-,42+,46-,48+,49+,52+,57+;27?,28?,29-,30+,34-,36+/m11/s1. The van der Waals surface area contributed by atoms with Crippen molar-refractivity contribution in [1.82, 2.24) is 62.3 Å². The van der Waals surface area contributed by atoms with Crippen LogP contribution in [0.1, 0.15) is 227 Å². The number of benzene rings is 4. The fourth-order valence-corrected chi connectivity index (χ4v) is 23.4. The lowest BCUT2D eigenvalue weighted by Crippen LogP contribution is -2.47. The molecule has 34 heteroatoms. The molecule has 6 aromatic rings. The minimum Gasteiger partial charge on any atom is -0.493 e. The van der Waals surface area contributed by atoms with E-state index in [9.17, 15) is 52.7 Å². The van der Waals surface area contributed by atoms with Crippen LogP contribution in [-0.4, -0.2) is 233 Å². The number of para-hydroxylation sites is 2. The van der Waals surface area contributed by atoms with Crippen LogP contribution in [0, 0.1) is 47.3 Å². The number of Topliss-reactive ketones (excluding diaryl/α,β-unsaturated/α-hetero) is 4. The molecule has 0 bridgehead atoms. The number of fused-ring (bicyclic) bond motifs is 5. The lowest BCUT2D eigenvalue weighted by atomic mass is 9.78. The normalized spacial score (nSPS) is 20.8. The number of nitrogens with one attached hydrogen (secondary N) is 8. The van der Waals surface area contributed by atoms with Gasteiger partial charge >= 0.3 is 6.03 Å². The fourth-order valence-electron chi connectivity index (χ4n) is 19.2. The van der Waals surface area contributed by atoms with Crippen molar-refractivity contribution in [2.24, 2.45) is 53.1 Å². The molecular weight excluding hydrogens is 1830 g/mol. The molecule has 0 spiro atoms. The van der Waals surface area contributed by atoms with E-state index in [2.05, 4.69) is 52.3 Å². The molecule has 4 aliphatic heterocycles. The van der Waals surface area contributed by atoms with Crippen LogP contribution in [0.25, 0.3) is 20.4 Å². The number of ketones is 4. The molecule has 11 atom stereocenters. The van der Waals surface area contributed by atoms with E-state index in [1.165, 1.54) is 22.7 Å². The first-order valence-corrected chi connectivity index (χ1v) is 53.0. The van der Waals surface area contributed by atoms with Gasteiger partial charge in [-0.15, -0.1) is 22.7 Å². The molecule has 2 aliphatic carbocycles. The summed E-state index contributed by atoms with van der Waals surface area (Å²) in [5, 5.41) is 27.7. The number of urea groups is 1. The van der Waals surface area contributed by atoms with Crippen molar-refractivity contribution in [3.05, 3.63) is 116 Å². The Morgan fingerprint density at radius 1 is 0.529 bits per heavy atom. The molecule has 10 N–H and O–H groups in total. The van der Waals surface area contributed by atoms with E-state index in [1.54, 1.807) is 26.0 Å². The third-order valence-electron chi connectivity index (χ3n) is 27.1. The maximum Gasteiger partial charge on any atom is 0.315 e. The van der Waals surface area contributed by atoms with Gasteiger partial charge in [-0.1, -0.05) is 118 Å². The largest absolute Gasteiger partial charge is 0.493 e. The number of rotatable bonds is 57. The van der Waals surface area contributed by atoms with Crippen LogP contribution in [-0.2, 0) is 75.0 Å². The smallest absolute Gasteiger partial charge is 0.315 e. The topological polar surface area (TPSA) is 388 Å². The zero-order valence-electron chi connectivity index (χ0n) is 80.2. The van der Waals surface area contributed by atoms with Gasteiger partial charge < -0.3 is 81.8 Å². The number of nitrogens with two attached hydrogens (primary N) is 1. The minimum absolute atomic E-state index is 0.00138. The van der Waals surface area contributed by atoms with Crippen LogP contribution < -0.4 is 57.7 Å². The quantitative estimate of drug-likeness (QED) is 0.0126. The average molecular weight is 1980 g/mol. The van der Waals surface area contributed by atoms with E-state index in [4.69, 9.17) is 62.6 Å². The number of carbonyl (C=O) groups excluding carboxylic acids is 11. The Balaban J connectivity index is 0.000000284. The second-order valence-electron chi connectivity index (χ2n) is 38.1. The molecule has 0 radical (unpaired) electrons. The highest BCUT2D eigenvalue weighted by Gasteiger charge is 2.44. The van der Waals surface area contributed by atoms with Crippen LogP contribution in [0.3, 0.4) is 0 Å². The lowest BCUT2D eigenvalue weighted by molar-refractivity contribution is -0.134. The number of nitrogens with zero attached hydrogens (tertiary/aromatic N) is 4. The van der Waals surface area contributed by atoms with Crippen LogP contribution >= 0.6 is 57.6 Å². The van der Waals surface area contributed by atoms with Gasteiger partial charge in [0.05, 0.1) is 125 Å². The third-order valence-corrected chi connectivity index (χ3v) is 31.2. The van der Waals surface area contributed by atoms with Crippen molar-refractivity contribution < 1.29 is 76.4 Å². The van der Waals surface area contributed by atoms with Crippen LogP contribution in [0.15, 0.2) is 84.9 Å².